The highest BCUT2D eigenvalue weighted by molar-refractivity contribution is 7.91. The first-order chi connectivity index (χ1) is 26.1. The van der Waals surface area contributed by atoms with Gasteiger partial charge in [-0.1, -0.05) is 26.0 Å². The predicted molar refractivity (Wildman–Crippen MR) is 199 cm³/mol. The molecule has 4 amide bonds. The number of hydrogen-bond donors (Lipinski definition) is 3. The minimum atomic E-state index is -5.08. The van der Waals surface area contributed by atoms with Gasteiger partial charge in [-0.3, -0.25) is 24.0 Å². The Morgan fingerprint density at radius 3 is 2.45 bits per heavy atom. The number of aromatic nitrogens is 2. The van der Waals surface area contributed by atoms with Crippen molar-refractivity contribution in [1.29, 1.82) is 0 Å². The highest BCUT2D eigenvalue weighted by Crippen LogP contribution is 2.48. The normalized spacial score (nSPS) is 30.1. The maximum Gasteiger partial charge on any atom is 0.411 e. The van der Waals surface area contributed by atoms with Crippen LogP contribution in [0, 0.1) is 17.8 Å². The molecule has 3 N–H and O–H groups in total. The number of carbonyl (C=O) groups is 4. The van der Waals surface area contributed by atoms with E-state index in [1.807, 2.05) is 6.92 Å². The number of allylic oxidation sites excluding steroid dienone is 1. The van der Waals surface area contributed by atoms with E-state index in [0.29, 0.717) is 50.1 Å². The standard InChI is InChI=1S/C37H47F3N6O8S2/c1-21-8-6-7-9-24-18-36(24,32(49)44-56(52,53)35(5)12-13-35)43-29(47)26-17-25(54-27-11-10-23(19-42-27)30-41-14-15-55-30)20-45(26)31(48)28(22(2)16-21)46(33(50)51)34(3,4)37(38,39)40/h7,9-11,14-15,19,21-22,24-26,28H,6,8,12-13,16-18,20H2,1-5H3,(H,43,47)(H,44,49)(H,50,51)/b9-7-/t21-,22-,24-,25-,26+,28+,36-/m1/s1. The van der Waals surface area contributed by atoms with Crippen molar-refractivity contribution in [3.63, 3.8) is 0 Å². The second-order valence-electron chi connectivity index (χ2n) is 16.3. The topological polar surface area (TPSA) is 188 Å². The minimum absolute atomic E-state index is 0.0606. The molecule has 7 atom stereocenters. The summed E-state index contributed by atoms with van der Waals surface area (Å²) in [5.74, 6) is -4.43. The van der Waals surface area contributed by atoms with Crippen LogP contribution in [-0.2, 0) is 24.4 Å². The van der Waals surface area contributed by atoms with Crippen LogP contribution in [0.25, 0.3) is 10.6 Å². The number of ether oxygens (including phenoxy) is 1. The first-order valence-corrected chi connectivity index (χ1v) is 20.9. The third kappa shape index (κ3) is 7.97. The van der Waals surface area contributed by atoms with Gasteiger partial charge in [0.1, 0.15) is 34.3 Å². The molecule has 6 rings (SSSR count). The molecule has 0 aromatic carbocycles. The molecule has 2 aromatic rings. The van der Waals surface area contributed by atoms with Gasteiger partial charge in [0.25, 0.3) is 5.91 Å². The van der Waals surface area contributed by atoms with Crippen LogP contribution in [0.1, 0.15) is 79.6 Å². The van der Waals surface area contributed by atoms with Crippen molar-refractivity contribution < 1.29 is 50.6 Å². The van der Waals surface area contributed by atoms with Crippen molar-refractivity contribution in [2.45, 2.75) is 120 Å². The first-order valence-electron chi connectivity index (χ1n) is 18.6. The average molecular weight is 825 g/mol. The van der Waals surface area contributed by atoms with Crippen LogP contribution in [0.5, 0.6) is 5.88 Å². The number of sulfonamides is 1. The molecular formula is C37H47F3N6O8S2. The highest BCUT2D eigenvalue weighted by atomic mass is 32.2. The predicted octanol–water partition coefficient (Wildman–Crippen LogP) is 5.13. The molecule has 0 unspecified atom stereocenters. The fourth-order valence-electron chi connectivity index (χ4n) is 7.70. The number of nitrogens with zero attached hydrogens (tertiary/aromatic N) is 4. The second-order valence-corrected chi connectivity index (χ2v) is 19.4. The Labute approximate surface area is 327 Å². The van der Waals surface area contributed by atoms with Crippen molar-refractivity contribution >= 4 is 45.2 Å². The summed E-state index contributed by atoms with van der Waals surface area (Å²) in [5.41, 5.74) is -4.01. The molecule has 3 fully saturated rings. The van der Waals surface area contributed by atoms with Crippen molar-refractivity contribution in [2.75, 3.05) is 6.54 Å². The number of pyridine rings is 1. The van der Waals surface area contributed by atoms with Gasteiger partial charge in [0, 0.05) is 41.7 Å². The van der Waals surface area contributed by atoms with Crippen molar-refractivity contribution in [3.05, 3.63) is 42.1 Å². The maximum absolute atomic E-state index is 14.9. The number of carbonyl (C=O) groups excluding carboxylic acids is 3. The molecule has 2 saturated carbocycles. The van der Waals surface area contributed by atoms with E-state index in [2.05, 4.69) is 20.0 Å². The number of hydrogen-bond acceptors (Lipinski definition) is 10. The zero-order valence-corrected chi connectivity index (χ0v) is 33.3. The zero-order valence-electron chi connectivity index (χ0n) is 31.7. The summed E-state index contributed by atoms with van der Waals surface area (Å²) in [5, 5.41) is 15.6. The second kappa shape index (κ2) is 14.9. The first kappa shape index (κ1) is 41.4. The Bertz CT molecular complexity index is 1970. The lowest BCUT2D eigenvalue weighted by molar-refractivity contribution is -0.222. The Balaban J connectivity index is 1.38. The number of nitrogens with one attached hydrogen (secondary N) is 2. The van der Waals surface area contributed by atoms with Gasteiger partial charge in [0.15, 0.2) is 0 Å². The van der Waals surface area contributed by atoms with Gasteiger partial charge in [-0.15, -0.1) is 11.3 Å². The van der Waals surface area contributed by atoms with Crippen LogP contribution < -0.4 is 14.8 Å². The summed E-state index contributed by atoms with van der Waals surface area (Å²) < 4.78 is 77.3. The summed E-state index contributed by atoms with van der Waals surface area (Å²) in [4.78, 5) is 65.8. The third-order valence-corrected chi connectivity index (χ3v) is 14.7. The fraction of sp³-hybridized carbons (Fsp3) is 0.622. The fourth-order valence-corrected chi connectivity index (χ4v) is 9.64. The van der Waals surface area contributed by atoms with Crippen molar-refractivity contribution in [2.24, 2.45) is 17.8 Å². The van der Waals surface area contributed by atoms with E-state index < -0.39 is 85.9 Å². The number of carboxylic acid groups (broad SMARTS) is 1. The summed E-state index contributed by atoms with van der Waals surface area (Å²) in [6.45, 7) is 5.94. The van der Waals surface area contributed by atoms with E-state index in [4.69, 9.17) is 4.74 Å². The van der Waals surface area contributed by atoms with Crippen LogP contribution >= 0.6 is 11.3 Å². The average Bonchev–Trinajstić information content (AvgIpc) is 3.86. The molecule has 4 heterocycles. The zero-order chi connectivity index (χ0) is 41.0. The van der Waals surface area contributed by atoms with Gasteiger partial charge in [-0.05, 0) is 77.2 Å². The third-order valence-electron chi connectivity index (χ3n) is 11.7. The SMILES string of the molecule is C[C@@H]1CC/C=C\[C@@H]2C[C@@]2(C(=O)NS(=O)(=O)C2(C)CC2)NC(=O)[C@@H]2C[C@@H](Oc3ccc(-c4nccs4)cn3)CN2C(=O)[C@@H](N(C(=O)O)C(C)(C)C(F)(F)F)[C@H](C)C1. The summed E-state index contributed by atoms with van der Waals surface area (Å²) in [6.07, 6.45) is 0.465. The number of rotatable bonds is 8. The molecule has 2 aliphatic carbocycles. The van der Waals surface area contributed by atoms with E-state index in [1.165, 1.54) is 31.4 Å². The van der Waals surface area contributed by atoms with Crippen molar-refractivity contribution in [3.8, 4) is 16.5 Å². The molecule has 1 saturated heterocycles. The van der Waals surface area contributed by atoms with Crippen LogP contribution in [0.15, 0.2) is 42.1 Å². The molecule has 0 radical (unpaired) electrons. The minimum Gasteiger partial charge on any atom is -0.472 e. The van der Waals surface area contributed by atoms with Crippen LogP contribution in [0.3, 0.4) is 0 Å². The number of halogens is 3. The van der Waals surface area contributed by atoms with Gasteiger partial charge >= 0.3 is 12.3 Å². The van der Waals surface area contributed by atoms with E-state index >= 15 is 0 Å². The van der Waals surface area contributed by atoms with E-state index in [-0.39, 0.29) is 42.5 Å². The van der Waals surface area contributed by atoms with Gasteiger partial charge in [-0.25, -0.2) is 23.2 Å². The maximum atomic E-state index is 14.9. The van der Waals surface area contributed by atoms with Crippen molar-refractivity contribution in [1.82, 2.24) is 29.8 Å². The molecule has 19 heteroatoms. The van der Waals surface area contributed by atoms with E-state index in [9.17, 15) is 45.9 Å². The van der Waals surface area contributed by atoms with Gasteiger partial charge < -0.3 is 20.1 Å². The quantitative estimate of drug-likeness (QED) is 0.301. The Morgan fingerprint density at radius 2 is 1.86 bits per heavy atom. The molecule has 0 spiro atoms. The van der Waals surface area contributed by atoms with Crippen LogP contribution in [0.2, 0.25) is 0 Å². The van der Waals surface area contributed by atoms with Gasteiger partial charge in [-0.2, -0.15) is 13.2 Å². The monoisotopic (exact) mass is 824 g/mol. The Kier molecular flexibility index (Phi) is 11.0. The van der Waals surface area contributed by atoms with Gasteiger partial charge in [0.05, 0.1) is 11.3 Å². The molecule has 2 aliphatic heterocycles. The lowest BCUT2D eigenvalue weighted by Gasteiger charge is -2.45. The van der Waals surface area contributed by atoms with Crippen LogP contribution in [-0.4, -0.2) is 104 Å². The summed E-state index contributed by atoms with van der Waals surface area (Å²) in [7, 11) is -4.10. The molecule has 14 nitrogen and oxygen atoms in total. The number of thiazole rings is 1. The van der Waals surface area contributed by atoms with E-state index in [1.54, 1.807) is 35.9 Å². The summed E-state index contributed by atoms with van der Waals surface area (Å²) in [6, 6.07) is -0.0425. The smallest absolute Gasteiger partial charge is 0.411 e. The highest BCUT2D eigenvalue weighted by Gasteiger charge is 2.64. The molecule has 56 heavy (non-hydrogen) atoms. The Hall–Kier alpha value is -4.26. The lowest BCUT2D eigenvalue weighted by Crippen LogP contribution is -2.66. The van der Waals surface area contributed by atoms with Crippen LogP contribution in [0.4, 0.5) is 18.0 Å². The molecule has 4 aliphatic rings. The Morgan fingerprint density at radius 1 is 1.14 bits per heavy atom. The largest absolute Gasteiger partial charge is 0.472 e. The lowest BCUT2D eigenvalue weighted by atomic mass is 9.85. The van der Waals surface area contributed by atoms with Gasteiger partial charge in [0.2, 0.25) is 27.7 Å². The van der Waals surface area contributed by atoms with E-state index in [0.717, 1.165) is 4.90 Å². The molecule has 0 bridgehead atoms. The number of alkyl halides is 3. The molecule has 2 aromatic heterocycles. The molecular weight excluding hydrogens is 778 g/mol. The number of fused-ring (bicyclic) bond motifs is 2. The summed E-state index contributed by atoms with van der Waals surface area (Å²) >= 11 is 1.40. The molecule has 306 valence electrons. The number of amides is 4.